The van der Waals surface area contributed by atoms with Crippen molar-refractivity contribution in [2.75, 3.05) is 13.6 Å². The fourth-order valence-electron chi connectivity index (χ4n) is 1.20. The van der Waals surface area contributed by atoms with Gasteiger partial charge in [-0.15, -0.1) is 24.0 Å². The molecule has 0 bridgehead atoms. The van der Waals surface area contributed by atoms with Gasteiger partial charge < -0.3 is 20.8 Å². The number of furan rings is 1. The molecule has 0 spiro atoms. The smallest absolute Gasteiger partial charge is 0.224 e. The van der Waals surface area contributed by atoms with Gasteiger partial charge in [0.25, 0.3) is 0 Å². The highest BCUT2D eigenvalue weighted by Crippen LogP contribution is 2.11. The first-order valence-electron chi connectivity index (χ1n) is 5.72. The molecule has 1 heterocycles. The Morgan fingerprint density at radius 2 is 2.16 bits per heavy atom. The van der Waals surface area contributed by atoms with Crippen molar-refractivity contribution in [1.82, 2.24) is 10.6 Å². The van der Waals surface area contributed by atoms with Crippen molar-refractivity contribution in [1.29, 1.82) is 0 Å². The average molecular weight is 380 g/mol. The van der Waals surface area contributed by atoms with Gasteiger partial charge in [-0.2, -0.15) is 0 Å². The molecule has 1 aromatic heterocycles. The summed E-state index contributed by atoms with van der Waals surface area (Å²) in [5.41, 5.74) is 4.67. The summed E-state index contributed by atoms with van der Waals surface area (Å²) in [6.45, 7) is 4.51. The molecule has 0 saturated heterocycles. The molecule has 108 valence electrons. The molecule has 0 atom stereocenters. The number of carbonyl (C=O) groups is 1. The lowest BCUT2D eigenvalue weighted by Crippen LogP contribution is -2.46. The van der Waals surface area contributed by atoms with Gasteiger partial charge >= 0.3 is 0 Å². The first-order chi connectivity index (χ1) is 8.45. The van der Waals surface area contributed by atoms with Crippen LogP contribution in [0.2, 0.25) is 0 Å². The highest BCUT2D eigenvalue weighted by molar-refractivity contribution is 14.0. The highest BCUT2D eigenvalue weighted by atomic mass is 127. The Morgan fingerprint density at radius 1 is 1.47 bits per heavy atom. The van der Waals surface area contributed by atoms with Gasteiger partial charge in [-0.05, 0) is 26.0 Å². The summed E-state index contributed by atoms with van der Waals surface area (Å²) in [7, 11) is 1.66. The topological polar surface area (TPSA) is 92.7 Å². The lowest BCUT2D eigenvalue weighted by atomic mass is 9.93. The largest absolute Gasteiger partial charge is 0.467 e. The predicted octanol–water partition coefficient (Wildman–Crippen LogP) is 1.07. The number of primary amides is 1. The number of nitrogens with one attached hydrogen (secondary N) is 2. The van der Waals surface area contributed by atoms with Crippen LogP contribution in [0, 0.1) is 5.41 Å². The van der Waals surface area contributed by atoms with E-state index in [0.717, 1.165) is 5.76 Å². The molecular weight excluding hydrogens is 359 g/mol. The van der Waals surface area contributed by atoms with Gasteiger partial charge in [0.05, 0.1) is 18.2 Å². The van der Waals surface area contributed by atoms with Crippen LogP contribution < -0.4 is 16.4 Å². The molecule has 19 heavy (non-hydrogen) atoms. The predicted molar refractivity (Wildman–Crippen MR) is 85.3 cm³/mol. The van der Waals surface area contributed by atoms with Crippen LogP contribution in [-0.4, -0.2) is 25.5 Å². The van der Waals surface area contributed by atoms with E-state index < -0.39 is 5.41 Å². The normalized spacial score (nSPS) is 11.6. The van der Waals surface area contributed by atoms with Crippen molar-refractivity contribution in [3.8, 4) is 0 Å². The van der Waals surface area contributed by atoms with E-state index in [2.05, 4.69) is 15.6 Å². The van der Waals surface area contributed by atoms with E-state index in [1.54, 1.807) is 27.2 Å². The molecule has 0 aliphatic heterocycles. The number of rotatable bonds is 5. The van der Waals surface area contributed by atoms with E-state index in [1.807, 2.05) is 12.1 Å². The number of nitrogens with zero attached hydrogens (tertiary/aromatic N) is 1. The molecule has 1 amide bonds. The molecule has 1 aromatic rings. The fourth-order valence-corrected chi connectivity index (χ4v) is 1.20. The molecular formula is C12H21IN4O2. The molecule has 0 saturated carbocycles. The standard InChI is InChI=1S/C12H20N4O2.HI/c1-12(2,10(13)17)8-16-11(14-3)15-7-9-5-4-6-18-9;/h4-6H,7-8H2,1-3H3,(H2,13,17)(H2,14,15,16);1H. The third-order valence-corrected chi connectivity index (χ3v) is 2.60. The summed E-state index contributed by atoms with van der Waals surface area (Å²) < 4.78 is 5.19. The van der Waals surface area contributed by atoms with Crippen LogP contribution in [0.15, 0.2) is 27.8 Å². The van der Waals surface area contributed by atoms with E-state index in [0.29, 0.717) is 19.0 Å². The molecule has 0 unspecified atom stereocenters. The Labute approximate surface area is 130 Å². The monoisotopic (exact) mass is 380 g/mol. The van der Waals surface area contributed by atoms with Crippen molar-refractivity contribution < 1.29 is 9.21 Å². The number of nitrogens with two attached hydrogens (primary N) is 1. The molecule has 0 aliphatic carbocycles. The van der Waals surface area contributed by atoms with E-state index in [9.17, 15) is 4.79 Å². The minimum atomic E-state index is -0.623. The number of carbonyl (C=O) groups excluding carboxylic acids is 1. The van der Waals surface area contributed by atoms with Crippen molar-refractivity contribution in [3.05, 3.63) is 24.2 Å². The zero-order chi connectivity index (χ0) is 13.6. The van der Waals surface area contributed by atoms with Gasteiger partial charge in [-0.3, -0.25) is 9.79 Å². The summed E-state index contributed by atoms with van der Waals surface area (Å²) in [6, 6.07) is 3.69. The number of halogens is 1. The lowest BCUT2D eigenvalue weighted by molar-refractivity contribution is -0.125. The molecule has 7 heteroatoms. The summed E-state index contributed by atoms with van der Waals surface area (Å²) in [5.74, 6) is 1.06. The SMILES string of the molecule is CN=C(NCc1ccco1)NCC(C)(C)C(N)=O.I. The summed E-state index contributed by atoms with van der Waals surface area (Å²) in [4.78, 5) is 15.2. The van der Waals surface area contributed by atoms with Crippen LogP contribution in [0.25, 0.3) is 0 Å². The maximum Gasteiger partial charge on any atom is 0.224 e. The zero-order valence-corrected chi connectivity index (χ0v) is 13.7. The first kappa shape index (κ1) is 17.8. The quantitative estimate of drug-likeness (QED) is 0.405. The number of hydrogen-bond donors (Lipinski definition) is 3. The summed E-state index contributed by atoms with van der Waals surface area (Å²) >= 11 is 0. The third kappa shape index (κ3) is 5.95. The number of guanidine groups is 1. The Balaban J connectivity index is 0.00000324. The van der Waals surface area contributed by atoms with Crippen molar-refractivity contribution >= 4 is 35.8 Å². The minimum Gasteiger partial charge on any atom is -0.467 e. The van der Waals surface area contributed by atoms with E-state index in [-0.39, 0.29) is 29.9 Å². The maximum absolute atomic E-state index is 11.2. The van der Waals surface area contributed by atoms with Crippen LogP contribution >= 0.6 is 24.0 Å². The van der Waals surface area contributed by atoms with Gasteiger partial charge in [-0.1, -0.05) is 0 Å². The molecule has 0 aliphatic rings. The average Bonchev–Trinajstić information content (AvgIpc) is 2.82. The van der Waals surface area contributed by atoms with Gasteiger partial charge in [0.15, 0.2) is 5.96 Å². The molecule has 0 radical (unpaired) electrons. The maximum atomic E-state index is 11.2. The van der Waals surface area contributed by atoms with E-state index >= 15 is 0 Å². The Morgan fingerprint density at radius 3 is 2.63 bits per heavy atom. The molecule has 0 aromatic carbocycles. The molecule has 0 fully saturated rings. The van der Waals surface area contributed by atoms with Crippen LogP contribution in [-0.2, 0) is 11.3 Å². The van der Waals surface area contributed by atoms with E-state index in [4.69, 9.17) is 10.2 Å². The third-order valence-electron chi connectivity index (χ3n) is 2.60. The lowest BCUT2D eigenvalue weighted by Gasteiger charge is -2.22. The van der Waals surface area contributed by atoms with Crippen LogP contribution in [0.1, 0.15) is 19.6 Å². The molecule has 4 N–H and O–H groups in total. The Bertz CT molecular complexity index is 415. The second-order valence-electron chi connectivity index (χ2n) is 4.61. The second-order valence-corrected chi connectivity index (χ2v) is 4.61. The van der Waals surface area contributed by atoms with Crippen molar-refractivity contribution in [2.45, 2.75) is 20.4 Å². The van der Waals surface area contributed by atoms with Gasteiger partial charge in [0.2, 0.25) is 5.91 Å². The number of aliphatic imine (C=N–C) groups is 1. The van der Waals surface area contributed by atoms with Crippen molar-refractivity contribution in [3.63, 3.8) is 0 Å². The van der Waals surface area contributed by atoms with Crippen LogP contribution in [0.3, 0.4) is 0 Å². The number of hydrogen-bond acceptors (Lipinski definition) is 3. The minimum absolute atomic E-state index is 0. The van der Waals surface area contributed by atoms with Crippen LogP contribution in [0.4, 0.5) is 0 Å². The Hall–Kier alpha value is -1.25. The van der Waals surface area contributed by atoms with Gasteiger partial charge in [-0.25, -0.2) is 0 Å². The van der Waals surface area contributed by atoms with Gasteiger partial charge in [0.1, 0.15) is 5.76 Å². The zero-order valence-electron chi connectivity index (χ0n) is 11.4. The van der Waals surface area contributed by atoms with Crippen LogP contribution in [0.5, 0.6) is 0 Å². The highest BCUT2D eigenvalue weighted by Gasteiger charge is 2.24. The van der Waals surface area contributed by atoms with E-state index in [1.165, 1.54) is 0 Å². The summed E-state index contributed by atoms with van der Waals surface area (Å²) in [6.07, 6.45) is 1.61. The molecule has 1 rings (SSSR count). The second kappa shape index (κ2) is 8.03. The number of amides is 1. The van der Waals surface area contributed by atoms with Crippen molar-refractivity contribution in [2.24, 2.45) is 16.1 Å². The van der Waals surface area contributed by atoms with Gasteiger partial charge in [0, 0.05) is 13.6 Å². The molecule has 6 nitrogen and oxygen atoms in total. The first-order valence-corrected chi connectivity index (χ1v) is 5.72. The fraction of sp³-hybridized carbons (Fsp3) is 0.500. The summed E-state index contributed by atoms with van der Waals surface area (Å²) in [5, 5.41) is 6.13. The Kier molecular flexibility index (Phi) is 7.50.